The Labute approximate surface area is 100 Å². The lowest BCUT2D eigenvalue weighted by Gasteiger charge is -2.03. The normalized spacial score (nSPS) is 10.5. The van der Waals surface area contributed by atoms with Crippen molar-refractivity contribution in [1.82, 2.24) is 9.78 Å². The summed E-state index contributed by atoms with van der Waals surface area (Å²) in [4.78, 5) is 11.2. The number of nitrogens with two attached hydrogens (primary N) is 1. The minimum Gasteiger partial charge on any atom is -0.366 e. The number of rotatable bonds is 3. The van der Waals surface area contributed by atoms with Gasteiger partial charge in [0.25, 0.3) is 0 Å². The van der Waals surface area contributed by atoms with Crippen LogP contribution >= 0.6 is 0 Å². The molecule has 4 nitrogen and oxygen atoms in total. The largest absolute Gasteiger partial charge is 0.366 e. The van der Waals surface area contributed by atoms with Gasteiger partial charge in [-0.25, -0.2) is 0 Å². The molecule has 0 unspecified atom stereocenters. The first-order chi connectivity index (χ1) is 8.10. The first kappa shape index (κ1) is 11.4. The molecule has 0 aliphatic rings. The predicted molar refractivity (Wildman–Crippen MR) is 66.6 cm³/mol. The van der Waals surface area contributed by atoms with Crippen molar-refractivity contribution < 1.29 is 4.79 Å². The molecule has 0 saturated heterocycles. The van der Waals surface area contributed by atoms with Gasteiger partial charge in [0.05, 0.1) is 6.20 Å². The van der Waals surface area contributed by atoms with E-state index in [2.05, 4.69) is 5.10 Å². The predicted octanol–water partition coefficient (Wildman–Crippen LogP) is 1.98. The number of benzene rings is 1. The smallest absolute Gasteiger partial charge is 0.248 e. The molecule has 2 N–H and O–H groups in total. The molecule has 4 heteroatoms. The first-order valence-electron chi connectivity index (χ1n) is 5.54. The van der Waals surface area contributed by atoms with Crippen LogP contribution in [0.4, 0.5) is 0 Å². The Hall–Kier alpha value is -2.10. The molecule has 0 atom stereocenters. The topological polar surface area (TPSA) is 60.9 Å². The zero-order chi connectivity index (χ0) is 12.4. The number of primary amides is 1. The summed E-state index contributed by atoms with van der Waals surface area (Å²) in [5.74, 6) is -0.405. The molecule has 1 aromatic carbocycles. The molecule has 0 aliphatic heterocycles. The highest BCUT2D eigenvalue weighted by Crippen LogP contribution is 2.21. The van der Waals surface area contributed by atoms with Crippen molar-refractivity contribution in [2.45, 2.75) is 20.4 Å². The van der Waals surface area contributed by atoms with E-state index in [-0.39, 0.29) is 0 Å². The zero-order valence-electron chi connectivity index (χ0n) is 9.97. The Morgan fingerprint density at radius 1 is 1.35 bits per heavy atom. The average molecular weight is 229 g/mol. The van der Waals surface area contributed by atoms with Crippen LogP contribution in [0.25, 0.3) is 11.1 Å². The minimum absolute atomic E-state index is 0.405. The van der Waals surface area contributed by atoms with Gasteiger partial charge in [0.2, 0.25) is 5.91 Å². The summed E-state index contributed by atoms with van der Waals surface area (Å²) in [5.41, 5.74) is 8.82. The van der Waals surface area contributed by atoms with E-state index in [9.17, 15) is 4.79 Å². The first-order valence-corrected chi connectivity index (χ1v) is 5.54. The Morgan fingerprint density at radius 3 is 2.71 bits per heavy atom. The van der Waals surface area contributed by atoms with E-state index in [0.717, 1.165) is 23.2 Å². The van der Waals surface area contributed by atoms with Crippen molar-refractivity contribution in [2.24, 2.45) is 5.73 Å². The van der Waals surface area contributed by atoms with Crippen molar-refractivity contribution in [3.05, 3.63) is 41.7 Å². The van der Waals surface area contributed by atoms with Crippen LogP contribution in [0.1, 0.15) is 22.8 Å². The van der Waals surface area contributed by atoms with Gasteiger partial charge in [0.15, 0.2) is 0 Å². The summed E-state index contributed by atoms with van der Waals surface area (Å²) >= 11 is 0. The third kappa shape index (κ3) is 2.36. The fourth-order valence-corrected chi connectivity index (χ4v) is 1.78. The van der Waals surface area contributed by atoms with Crippen LogP contribution in [0.5, 0.6) is 0 Å². The Balaban J connectivity index is 2.47. The summed E-state index contributed by atoms with van der Waals surface area (Å²) in [6, 6.07) is 5.60. The third-order valence-electron chi connectivity index (χ3n) is 2.65. The molecular weight excluding hydrogens is 214 g/mol. The van der Waals surface area contributed by atoms with Crippen LogP contribution in [0.3, 0.4) is 0 Å². The lowest BCUT2D eigenvalue weighted by Crippen LogP contribution is -2.11. The number of aryl methyl sites for hydroxylation is 2. The highest BCUT2D eigenvalue weighted by molar-refractivity contribution is 5.94. The monoisotopic (exact) mass is 229 g/mol. The van der Waals surface area contributed by atoms with E-state index in [0.29, 0.717) is 5.56 Å². The van der Waals surface area contributed by atoms with Crippen molar-refractivity contribution in [3.63, 3.8) is 0 Å². The van der Waals surface area contributed by atoms with Gasteiger partial charge < -0.3 is 5.73 Å². The van der Waals surface area contributed by atoms with Crippen LogP contribution in [-0.4, -0.2) is 15.7 Å². The van der Waals surface area contributed by atoms with E-state index in [1.165, 1.54) is 0 Å². The van der Waals surface area contributed by atoms with Gasteiger partial charge in [-0.3, -0.25) is 9.48 Å². The quantitative estimate of drug-likeness (QED) is 0.874. The van der Waals surface area contributed by atoms with Gasteiger partial charge in [-0.05, 0) is 37.1 Å². The summed E-state index contributed by atoms with van der Waals surface area (Å²) in [6.07, 6.45) is 3.75. The molecule has 0 radical (unpaired) electrons. The molecule has 0 aliphatic carbocycles. The summed E-state index contributed by atoms with van der Waals surface area (Å²) in [6.45, 7) is 4.80. The van der Waals surface area contributed by atoms with Gasteiger partial charge >= 0.3 is 0 Å². The number of hydrogen-bond acceptors (Lipinski definition) is 2. The Kier molecular flexibility index (Phi) is 2.95. The molecule has 1 heterocycles. The summed E-state index contributed by atoms with van der Waals surface area (Å²) in [5, 5.41) is 4.22. The molecule has 2 rings (SSSR count). The molecule has 2 aromatic rings. The number of aromatic nitrogens is 2. The lowest BCUT2D eigenvalue weighted by molar-refractivity contribution is 0.1000. The van der Waals surface area contributed by atoms with E-state index >= 15 is 0 Å². The summed E-state index contributed by atoms with van der Waals surface area (Å²) < 4.78 is 1.85. The van der Waals surface area contributed by atoms with Crippen LogP contribution < -0.4 is 5.73 Å². The van der Waals surface area contributed by atoms with E-state index in [1.54, 1.807) is 18.3 Å². The van der Waals surface area contributed by atoms with Gasteiger partial charge in [0, 0.05) is 23.9 Å². The fourth-order valence-electron chi connectivity index (χ4n) is 1.78. The van der Waals surface area contributed by atoms with Crippen molar-refractivity contribution in [2.75, 3.05) is 0 Å². The van der Waals surface area contributed by atoms with Gasteiger partial charge in [0.1, 0.15) is 0 Å². The molecule has 0 saturated carbocycles. The van der Waals surface area contributed by atoms with Gasteiger partial charge in [-0.2, -0.15) is 5.10 Å². The van der Waals surface area contributed by atoms with Crippen molar-refractivity contribution in [3.8, 4) is 11.1 Å². The number of amides is 1. The molecule has 1 amide bonds. The highest BCUT2D eigenvalue weighted by Gasteiger charge is 2.06. The zero-order valence-corrected chi connectivity index (χ0v) is 9.97. The minimum atomic E-state index is -0.405. The number of carbonyl (C=O) groups is 1. The Bertz CT molecular complexity index is 558. The van der Waals surface area contributed by atoms with E-state index in [4.69, 9.17) is 5.73 Å². The lowest BCUT2D eigenvalue weighted by atomic mass is 10.0. The van der Waals surface area contributed by atoms with Gasteiger partial charge in [-0.1, -0.05) is 6.07 Å². The standard InChI is InChI=1S/C13H15N3O/c1-3-16-8-12(7-15-16)10-4-9(2)5-11(6-10)13(14)17/h4-8H,3H2,1-2H3,(H2,14,17). The van der Waals surface area contributed by atoms with Crippen molar-refractivity contribution >= 4 is 5.91 Å². The van der Waals surface area contributed by atoms with Gasteiger partial charge in [-0.15, -0.1) is 0 Å². The maximum Gasteiger partial charge on any atom is 0.248 e. The molecule has 0 bridgehead atoms. The maximum atomic E-state index is 11.2. The van der Waals surface area contributed by atoms with Crippen LogP contribution in [0.15, 0.2) is 30.6 Å². The fraction of sp³-hybridized carbons (Fsp3) is 0.231. The number of carbonyl (C=O) groups excluding carboxylic acids is 1. The molecule has 0 fully saturated rings. The number of hydrogen-bond donors (Lipinski definition) is 1. The average Bonchev–Trinajstić information content (AvgIpc) is 2.76. The number of nitrogens with zero attached hydrogens (tertiary/aromatic N) is 2. The van der Waals surface area contributed by atoms with Crippen LogP contribution in [0, 0.1) is 6.92 Å². The SMILES string of the molecule is CCn1cc(-c2cc(C)cc(C(N)=O)c2)cn1. The van der Waals surface area contributed by atoms with Crippen LogP contribution in [0.2, 0.25) is 0 Å². The Morgan fingerprint density at radius 2 is 2.12 bits per heavy atom. The van der Waals surface area contributed by atoms with Crippen LogP contribution in [-0.2, 0) is 6.54 Å². The second-order valence-electron chi connectivity index (χ2n) is 4.04. The third-order valence-corrected chi connectivity index (χ3v) is 2.65. The second-order valence-corrected chi connectivity index (χ2v) is 4.04. The maximum absolute atomic E-state index is 11.2. The summed E-state index contributed by atoms with van der Waals surface area (Å²) in [7, 11) is 0. The molecule has 0 spiro atoms. The molecular formula is C13H15N3O. The molecule has 17 heavy (non-hydrogen) atoms. The van der Waals surface area contributed by atoms with Crippen molar-refractivity contribution in [1.29, 1.82) is 0 Å². The van der Waals surface area contributed by atoms with E-state index in [1.807, 2.05) is 30.8 Å². The van der Waals surface area contributed by atoms with E-state index < -0.39 is 5.91 Å². The molecule has 1 aromatic heterocycles. The second kappa shape index (κ2) is 4.41. The highest BCUT2D eigenvalue weighted by atomic mass is 16.1. The molecule has 88 valence electrons.